The minimum atomic E-state index is -0.845. The van der Waals surface area contributed by atoms with E-state index in [2.05, 4.69) is 22.4 Å². The Morgan fingerprint density at radius 2 is 2.32 bits per heavy atom. The van der Waals surface area contributed by atoms with E-state index in [4.69, 9.17) is 10.6 Å². The normalized spacial score (nSPS) is 19.7. The molecule has 1 unspecified atom stereocenters. The van der Waals surface area contributed by atoms with E-state index in [1.54, 1.807) is 0 Å². The van der Waals surface area contributed by atoms with Gasteiger partial charge < -0.3 is 15.1 Å². The molecule has 1 aliphatic rings. The van der Waals surface area contributed by atoms with Crippen molar-refractivity contribution in [2.45, 2.75) is 25.3 Å². The van der Waals surface area contributed by atoms with Crippen molar-refractivity contribution >= 4 is 5.82 Å². The first kappa shape index (κ1) is 14.0. The van der Waals surface area contributed by atoms with Crippen LogP contribution in [0.4, 0.5) is 14.6 Å². The molecule has 3 N–H and O–H groups in total. The zero-order chi connectivity index (χ0) is 13.8. The molecule has 5 nitrogen and oxygen atoms in total. The van der Waals surface area contributed by atoms with Gasteiger partial charge in [0.15, 0.2) is 17.5 Å². The zero-order valence-electron chi connectivity index (χ0n) is 10.8. The van der Waals surface area contributed by atoms with Gasteiger partial charge in [0.2, 0.25) is 0 Å². The number of aromatic nitrogens is 1. The van der Waals surface area contributed by atoms with E-state index in [0.29, 0.717) is 18.7 Å². The predicted octanol–water partition coefficient (Wildman–Crippen LogP) is 1.51. The van der Waals surface area contributed by atoms with Crippen molar-refractivity contribution in [2.75, 3.05) is 25.6 Å². The number of nitrogens with one attached hydrogen (secondary N) is 1. The first-order chi connectivity index (χ1) is 9.11. The number of halogens is 2. The molecule has 0 bridgehead atoms. The summed E-state index contributed by atoms with van der Waals surface area (Å²) < 4.78 is 31.8. The number of likely N-dealkylation sites (tertiary alicyclic amines) is 1. The third kappa shape index (κ3) is 3.30. The van der Waals surface area contributed by atoms with Gasteiger partial charge in [0, 0.05) is 12.1 Å². The van der Waals surface area contributed by atoms with Crippen molar-refractivity contribution in [3.8, 4) is 5.88 Å². The maximum absolute atomic E-state index is 13.4. The van der Waals surface area contributed by atoms with Crippen LogP contribution in [0.15, 0.2) is 6.07 Å². The standard InChI is InChI=1S/C12H18F2N4O/c1-18-5-2-3-8(18)4-6-19-12-10(14)7-9(13)11(16-12)17-15/h7-8H,2-6,15H2,1H3,(H,16,17). The fraction of sp³-hybridized carbons (Fsp3) is 0.583. The van der Waals surface area contributed by atoms with Crippen LogP contribution in [0.2, 0.25) is 0 Å². The Morgan fingerprint density at radius 3 is 2.95 bits per heavy atom. The highest BCUT2D eigenvalue weighted by Gasteiger charge is 2.21. The second-order valence-corrected chi connectivity index (χ2v) is 4.66. The average molecular weight is 272 g/mol. The molecule has 0 aliphatic carbocycles. The first-order valence-corrected chi connectivity index (χ1v) is 6.27. The van der Waals surface area contributed by atoms with Gasteiger partial charge in [-0.25, -0.2) is 14.6 Å². The van der Waals surface area contributed by atoms with Crippen LogP contribution in [0.5, 0.6) is 5.88 Å². The summed E-state index contributed by atoms with van der Waals surface area (Å²) >= 11 is 0. The second kappa shape index (κ2) is 6.12. The van der Waals surface area contributed by atoms with E-state index in [0.717, 1.165) is 19.4 Å². The Morgan fingerprint density at radius 1 is 1.53 bits per heavy atom. The van der Waals surface area contributed by atoms with Crippen LogP contribution in [-0.4, -0.2) is 36.1 Å². The lowest BCUT2D eigenvalue weighted by atomic mass is 10.1. The molecule has 106 valence electrons. The summed E-state index contributed by atoms with van der Waals surface area (Å²) in [6.45, 7) is 1.42. The Kier molecular flexibility index (Phi) is 4.49. The molecule has 1 atom stereocenters. The van der Waals surface area contributed by atoms with E-state index in [1.807, 2.05) is 0 Å². The molecular weight excluding hydrogens is 254 g/mol. The number of hydrazine groups is 1. The predicted molar refractivity (Wildman–Crippen MR) is 67.7 cm³/mol. The van der Waals surface area contributed by atoms with E-state index >= 15 is 0 Å². The lowest BCUT2D eigenvalue weighted by Gasteiger charge is -2.19. The van der Waals surface area contributed by atoms with Gasteiger partial charge in [-0.2, -0.15) is 4.98 Å². The number of nitrogens with two attached hydrogens (primary N) is 1. The van der Waals surface area contributed by atoms with Crippen molar-refractivity contribution in [3.05, 3.63) is 17.7 Å². The van der Waals surface area contributed by atoms with Crippen molar-refractivity contribution in [1.29, 1.82) is 0 Å². The van der Waals surface area contributed by atoms with Gasteiger partial charge in [-0.3, -0.25) is 0 Å². The van der Waals surface area contributed by atoms with Crippen LogP contribution in [0.1, 0.15) is 19.3 Å². The Bertz CT molecular complexity index is 444. The molecule has 0 spiro atoms. The molecule has 1 aromatic heterocycles. The molecule has 1 aromatic rings. The number of anilines is 1. The number of rotatable bonds is 5. The van der Waals surface area contributed by atoms with Crippen LogP contribution in [0, 0.1) is 11.6 Å². The van der Waals surface area contributed by atoms with Crippen molar-refractivity contribution in [1.82, 2.24) is 9.88 Å². The van der Waals surface area contributed by atoms with Crippen molar-refractivity contribution in [2.24, 2.45) is 5.84 Å². The summed E-state index contributed by atoms with van der Waals surface area (Å²) in [5.74, 6) is 2.96. The van der Waals surface area contributed by atoms with Gasteiger partial charge in [0.25, 0.3) is 5.88 Å². The second-order valence-electron chi connectivity index (χ2n) is 4.66. The molecule has 0 radical (unpaired) electrons. The summed E-state index contributed by atoms with van der Waals surface area (Å²) in [6, 6.07) is 1.16. The maximum atomic E-state index is 13.4. The SMILES string of the molecule is CN1CCCC1CCOc1nc(NN)c(F)cc1F. The summed E-state index contributed by atoms with van der Waals surface area (Å²) in [7, 11) is 2.06. The minimum Gasteiger partial charge on any atom is -0.475 e. The molecule has 2 rings (SSSR count). The molecule has 7 heteroatoms. The monoisotopic (exact) mass is 272 g/mol. The van der Waals surface area contributed by atoms with Gasteiger partial charge in [-0.1, -0.05) is 0 Å². The number of hydrogen-bond donors (Lipinski definition) is 2. The third-order valence-electron chi connectivity index (χ3n) is 3.40. The summed E-state index contributed by atoms with van der Waals surface area (Å²) in [5, 5.41) is 0. The average Bonchev–Trinajstić information content (AvgIpc) is 2.78. The highest BCUT2D eigenvalue weighted by atomic mass is 19.1. The third-order valence-corrected chi connectivity index (χ3v) is 3.40. The largest absolute Gasteiger partial charge is 0.475 e. The number of nitrogens with zero attached hydrogens (tertiary/aromatic N) is 2. The lowest BCUT2D eigenvalue weighted by Crippen LogP contribution is -2.26. The zero-order valence-corrected chi connectivity index (χ0v) is 10.8. The number of pyridine rings is 1. The highest BCUT2D eigenvalue weighted by Crippen LogP contribution is 2.22. The fourth-order valence-corrected chi connectivity index (χ4v) is 2.29. The van der Waals surface area contributed by atoms with E-state index in [-0.39, 0.29) is 11.7 Å². The molecule has 1 saturated heterocycles. The number of ether oxygens (including phenoxy) is 1. The molecule has 2 heterocycles. The summed E-state index contributed by atoms with van der Waals surface area (Å²) in [5.41, 5.74) is 2.06. The Labute approximate surface area is 110 Å². The van der Waals surface area contributed by atoms with Gasteiger partial charge in [0.05, 0.1) is 6.61 Å². The molecule has 1 fully saturated rings. The maximum Gasteiger partial charge on any atom is 0.252 e. The highest BCUT2D eigenvalue weighted by molar-refractivity contribution is 5.38. The molecule has 1 aliphatic heterocycles. The van der Waals surface area contributed by atoms with E-state index in [9.17, 15) is 8.78 Å². The van der Waals surface area contributed by atoms with Crippen molar-refractivity contribution < 1.29 is 13.5 Å². The smallest absolute Gasteiger partial charge is 0.252 e. The topological polar surface area (TPSA) is 63.4 Å². The number of nitrogen functional groups attached to an aromatic ring is 1. The molecule has 19 heavy (non-hydrogen) atoms. The van der Waals surface area contributed by atoms with Crippen molar-refractivity contribution in [3.63, 3.8) is 0 Å². The lowest BCUT2D eigenvalue weighted by molar-refractivity contribution is 0.222. The Balaban J connectivity index is 1.92. The van der Waals surface area contributed by atoms with Crippen LogP contribution < -0.4 is 16.0 Å². The van der Waals surface area contributed by atoms with Gasteiger partial charge in [-0.05, 0) is 32.9 Å². The minimum absolute atomic E-state index is 0.227. The van der Waals surface area contributed by atoms with Crippen LogP contribution in [-0.2, 0) is 0 Å². The van der Waals surface area contributed by atoms with E-state index in [1.165, 1.54) is 6.42 Å². The van der Waals surface area contributed by atoms with Gasteiger partial charge in [0.1, 0.15) is 0 Å². The first-order valence-electron chi connectivity index (χ1n) is 6.27. The molecule has 0 amide bonds. The quantitative estimate of drug-likeness (QED) is 0.628. The van der Waals surface area contributed by atoms with Gasteiger partial charge in [-0.15, -0.1) is 0 Å². The van der Waals surface area contributed by atoms with E-state index < -0.39 is 11.6 Å². The van der Waals surface area contributed by atoms with Gasteiger partial charge >= 0.3 is 0 Å². The molecule has 0 aromatic carbocycles. The molecule has 0 saturated carbocycles. The van der Waals surface area contributed by atoms with Crippen LogP contribution in [0.25, 0.3) is 0 Å². The van der Waals surface area contributed by atoms with Crippen LogP contribution in [0.3, 0.4) is 0 Å². The van der Waals surface area contributed by atoms with Crippen LogP contribution >= 0.6 is 0 Å². The molecular formula is C12H18F2N4O. The fourth-order valence-electron chi connectivity index (χ4n) is 2.29. The summed E-state index contributed by atoms with van der Waals surface area (Å²) in [6.07, 6.45) is 3.08. The number of hydrogen-bond acceptors (Lipinski definition) is 5. The summed E-state index contributed by atoms with van der Waals surface area (Å²) in [4.78, 5) is 5.91. The Hall–Kier alpha value is -1.47.